The lowest BCUT2D eigenvalue weighted by Gasteiger charge is -2.38. The van der Waals surface area contributed by atoms with Crippen LogP contribution in [0.3, 0.4) is 0 Å². The van der Waals surface area contributed by atoms with Gasteiger partial charge >= 0.3 is 6.03 Å². The molecule has 2 aromatic heterocycles. The maximum Gasteiger partial charge on any atom is 0.335 e. The van der Waals surface area contributed by atoms with E-state index in [1.54, 1.807) is 12.4 Å². The van der Waals surface area contributed by atoms with Crippen LogP contribution in [0.5, 0.6) is 0 Å². The van der Waals surface area contributed by atoms with E-state index >= 15 is 0 Å². The van der Waals surface area contributed by atoms with Gasteiger partial charge in [0.15, 0.2) is 5.13 Å². The van der Waals surface area contributed by atoms with Gasteiger partial charge in [-0.25, -0.2) is 19.8 Å². The van der Waals surface area contributed by atoms with Gasteiger partial charge < -0.3 is 4.42 Å². The van der Waals surface area contributed by atoms with Crippen LogP contribution in [-0.4, -0.2) is 33.1 Å². The first-order valence-electron chi connectivity index (χ1n) is 9.68. The molecule has 0 radical (unpaired) electrons. The number of hydrazine groups is 1. The maximum atomic E-state index is 12.3. The van der Waals surface area contributed by atoms with Crippen molar-refractivity contribution in [3.63, 3.8) is 0 Å². The Labute approximate surface area is 170 Å². The summed E-state index contributed by atoms with van der Waals surface area (Å²) in [6.07, 6.45) is 10.6. The number of carbonyl (C=O) groups excluding carboxylic acids is 1. The van der Waals surface area contributed by atoms with E-state index in [1.165, 1.54) is 17.8 Å². The molecule has 1 aliphatic rings. The monoisotopic (exact) mass is 403 g/mol. The van der Waals surface area contributed by atoms with E-state index in [-0.39, 0.29) is 11.4 Å². The van der Waals surface area contributed by atoms with Gasteiger partial charge in [-0.15, -0.1) is 0 Å². The topological polar surface area (TPSA) is 83.3 Å². The first-order valence-corrected chi connectivity index (χ1v) is 10.5. The molecule has 0 aliphatic carbocycles. The number of amides is 2. The smallest absolute Gasteiger partial charge is 0.335 e. The van der Waals surface area contributed by atoms with E-state index in [1.807, 2.05) is 17.2 Å². The van der Waals surface area contributed by atoms with Crippen molar-refractivity contribution >= 4 is 34.7 Å². The fraction of sp³-hybridized carbons (Fsp3) is 0.550. The molecule has 7 nitrogen and oxygen atoms in total. The number of piperidine rings is 1. The van der Waals surface area contributed by atoms with E-state index in [9.17, 15) is 4.79 Å². The van der Waals surface area contributed by atoms with E-state index in [0.717, 1.165) is 23.5 Å². The lowest BCUT2D eigenvalue weighted by atomic mass is 9.94. The summed E-state index contributed by atoms with van der Waals surface area (Å²) in [6.45, 7) is 10.5. The minimum atomic E-state index is -0.256. The zero-order valence-corrected chi connectivity index (χ0v) is 18.0. The lowest BCUT2D eigenvalue weighted by Crippen LogP contribution is -2.55. The van der Waals surface area contributed by atoms with Crippen LogP contribution < -0.4 is 10.7 Å². The predicted octanol–water partition coefficient (Wildman–Crippen LogP) is 4.90. The van der Waals surface area contributed by atoms with Crippen LogP contribution in [0.1, 0.15) is 70.4 Å². The molecule has 3 heterocycles. The third-order valence-corrected chi connectivity index (χ3v) is 5.70. The molecular formula is C20H29N5O2S. The van der Waals surface area contributed by atoms with Gasteiger partial charge in [-0.2, -0.15) is 0 Å². The van der Waals surface area contributed by atoms with Crippen molar-refractivity contribution in [2.75, 3.05) is 5.32 Å². The van der Waals surface area contributed by atoms with Gasteiger partial charge in [-0.3, -0.25) is 10.7 Å². The van der Waals surface area contributed by atoms with E-state index in [0.29, 0.717) is 23.1 Å². The Morgan fingerprint density at radius 1 is 1.21 bits per heavy atom. The SMILES string of the molecule is CC1CCCC(C)N1NC(=O)Nc1ncc(C=Cc2ncc(C(C)(C)C)o2)s1. The van der Waals surface area contributed by atoms with Crippen molar-refractivity contribution in [3.05, 3.63) is 28.9 Å². The van der Waals surface area contributed by atoms with Crippen LogP contribution in [0.2, 0.25) is 0 Å². The quantitative estimate of drug-likeness (QED) is 0.759. The maximum absolute atomic E-state index is 12.3. The molecule has 2 N–H and O–H groups in total. The molecule has 1 fully saturated rings. The second kappa shape index (κ2) is 8.45. The molecule has 1 saturated heterocycles. The largest absolute Gasteiger partial charge is 0.441 e. The average molecular weight is 404 g/mol. The second-order valence-electron chi connectivity index (χ2n) is 8.32. The average Bonchev–Trinajstić information content (AvgIpc) is 3.25. The molecule has 0 saturated carbocycles. The summed E-state index contributed by atoms with van der Waals surface area (Å²) in [7, 11) is 0. The number of nitrogens with one attached hydrogen (secondary N) is 2. The molecule has 2 unspecified atom stereocenters. The van der Waals surface area contributed by atoms with Crippen LogP contribution in [0, 0.1) is 0 Å². The van der Waals surface area contributed by atoms with Gasteiger partial charge in [-0.05, 0) is 32.8 Å². The third-order valence-electron chi connectivity index (χ3n) is 4.82. The van der Waals surface area contributed by atoms with Crippen LogP contribution >= 0.6 is 11.3 Å². The Bertz CT molecular complexity index is 826. The van der Waals surface area contributed by atoms with Crippen LogP contribution in [0.4, 0.5) is 9.93 Å². The number of aromatic nitrogens is 2. The molecule has 28 heavy (non-hydrogen) atoms. The molecule has 0 spiro atoms. The number of thiazole rings is 1. The third kappa shape index (κ3) is 5.20. The summed E-state index contributed by atoms with van der Waals surface area (Å²) in [4.78, 5) is 21.8. The molecular weight excluding hydrogens is 374 g/mol. The number of urea groups is 1. The summed E-state index contributed by atoms with van der Waals surface area (Å²) in [6, 6.07) is 0.416. The van der Waals surface area contributed by atoms with Gasteiger partial charge in [0.1, 0.15) is 5.76 Å². The summed E-state index contributed by atoms with van der Waals surface area (Å²) in [5.74, 6) is 1.40. The fourth-order valence-corrected chi connectivity index (χ4v) is 3.88. The van der Waals surface area contributed by atoms with Crippen molar-refractivity contribution in [2.45, 2.75) is 71.4 Å². The zero-order chi connectivity index (χ0) is 20.3. The summed E-state index contributed by atoms with van der Waals surface area (Å²) < 4.78 is 5.75. The van der Waals surface area contributed by atoms with Crippen molar-refractivity contribution < 1.29 is 9.21 Å². The zero-order valence-electron chi connectivity index (χ0n) is 17.2. The molecule has 2 aromatic rings. The van der Waals surface area contributed by atoms with E-state index < -0.39 is 0 Å². The molecule has 0 aromatic carbocycles. The molecule has 2 amide bonds. The van der Waals surface area contributed by atoms with Gasteiger partial charge in [0, 0.05) is 34.6 Å². The first-order chi connectivity index (χ1) is 13.2. The van der Waals surface area contributed by atoms with Crippen LogP contribution in [-0.2, 0) is 5.41 Å². The second-order valence-corrected chi connectivity index (χ2v) is 9.38. The highest BCUT2D eigenvalue weighted by atomic mass is 32.1. The predicted molar refractivity (Wildman–Crippen MR) is 113 cm³/mol. The van der Waals surface area contributed by atoms with E-state index in [4.69, 9.17) is 4.42 Å². The van der Waals surface area contributed by atoms with Gasteiger partial charge in [-0.1, -0.05) is 38.5 Å². The number of anilines is 1. The standard InChI is InChI=1S/C20H29N5O2S/c1-13-7-6-8-14(2)25(13)24-18(26)23-19-22-11-15(28-19)9-10-17-21-12-16(27-17)20(3,4)5/h9-14H,6-8H2,1-5H3,(H2,22,23,24,26). The molecule has 3 rings (SSSR count). The van der Waals surface area contributed by atoms with E-state index in [2.05, 4.69) is 55.3 Å². The van der Waals surface area contributed by atoms with Crippen molar-refractivity contribution in [1.82, 2.24) is 20.4 Å². The number of rotatable bonds is 4. The van der Waals surface area contributed by atoms with Crippen molar-refractivity contribution in [2.24, 2.45) is 0 Å². The Morgan fingerprint density at radius 2 is 1.93 bits per heavy atom. The first kappa shape index (κ1) is 20.5. The van der Waals surface area contributed by atoms with Crippen LogP contribution in [0.15, 0.2) is 16.8 Å². The number of oxazole rings is 1. The van der Waals surface area contributed by atoms with Gasteiger partial charge in [0.2, 0.25) is 5.89 Å². The highest BCUT2D eigenvalue weighted by Crippen LogP contribution is 2.25. The number of hydrogen-bond acceptors (Lipinski definition) is 6. The molecule has 8 heteroatoms. The molecule has 0 bridgehead atoms. The normalized spacial score (nSPS) is 21.2. The van der Waals surface area contributed by atoms with Crippen molar-refractivity contribution in [1.29, 1.82) is 0 Å². The Hall–Kier alpha value is -2.19. The van der Waals surface area contributed by atoms with Crippen molar-refractivity contribution in [3.8, 4) is 0 Å². The fourth-order valence-electron chi connectivity index (χ4n) is 3.17. The Morgan fingerprint density at radius 3 is 2.57 bits per heavy atom. The van der Waals surface area contributed by atoms with Gasteiger partial charge in [0.05, 0.1) is 6.20 Å². The summed E-state index contributed by atoms with van der Waals surface area (Å²) in [5.41, 5.74) is 2.89. The Balaban J connectivity index is 1.56. The summed E-state index contributed by atoms with van der Waals surface area (Å²) in [5, 5.41) is 5.40. The van der Waals surface area contributed by atoms with Gasteiger partial charge in [0.25, 0.3) is 0 Å². The highest BCUT2D eigenvalue weighted by Gasteiger charge is 2.26. The minimum absolute atomic E-state index is 0.0720. The number of carbonyl (C=O) groups is 1. The number of nitrogens with zero attached hydrogens (tertiary/aromatic N) is 3. The van der Waals surface area contributed by atoms with Crippen LogP contribution in [0.25, 0.3) is 12.2 Å². The number of hydrogen-bond donors (Lipinski definition) is 2. The highest BCUT2D eigenvalue weighted by molar-refractivity contribution is 7.16. The Kier molecular flexibility index (Phi) is 6.20. The molecule has 2 atom stereocenters. The lowest BCUT2D eigenvalue weighted by molar-refractivity contribution is 0.0625. The summed E-state index contributed by atoms with van der Waals surface area (Å²) >= 11 is 1.40. The molecule has 152 valence electrons. The minimum Gasteiger partial charge on any atom is -0.441 e. The molecule has 1 aliphatic heterocycles.